The van der Waals surface area contributed by atoms with Crippen LogP contribution in [0.1, 0.15) is 32.6 Å². The lowest BCUT2D eigenvalue weighted by Crippen LogP contribution is -2.39. The molecule has 2 rings (SSSR count). The monoisotopic (exact) mass is 277 g/mol. The van der Waals surface area contributed by atoms with Gasteiger partial charge in [0.15, 0.2) is 0 Å². The van der Waals surface area contributed by atoms with Crippen LogP contribution in [0, 0.1) is 5.41 Å². The maximum atomic E-state index is 5.79. The Kier molecular flexibility index (Phi) is 6.34. The van der Waals surface area contributed by atoms with E-state index in [-0.39, 0.29) is 0 Å². The van der Waals surface area contributed by atoms with Crippen LogP contribution in [0.2, 0.25) is 0 Å². The average Bonchev–Trinajstić information content (AvgIpc) is 2.52. The minimum Gasteiger partial charge on any atom is -0.494 e. The van der Waals surface area contributed by atoms with E-state index >= 15 is 0 Å². The van der Waals surface area contributed by atoms with Gasteiger partial charge in [-0.3, -0.25) is 0 Å². The summed E-state index contributed by atoms with van der Waals surface area (Å²) in [5, 5.41) is 3.52. The summed E-state index contributed by atoms with van der Waals surface area (Å²) >= 11 is 0. The zero-order chi connectivity index (χ0) is 14.1. The fourth-order valence-corrected chi connectivity index (χ4v) is 2.86. The second kappa shape index (κ2) is 8.28. The number of rotatable bonds is 8. The highest BCUT2D eigenvalue weighted by atomic mass is 16.5. The Balaban J connectivity index is 1.74. The molecule has 0 amide bonds. The summed E-state index contributed by atoms with van der Waals surface area (Å²) in [6, 6.07) is 10.1. The van der Waals surface area contributed by atoms with Crippen LogP contribution in [-0.4, -0.2) is 32.9 Å². The summed E-state index contributed by atoms with van der Waals surface area (Å²) in [4.78, 5) is 0. The number of para-hydroxylation sites is 1. The van der Waals surface area contributed by atoms with E-state index in [2.05, 4.69) is 12.2 Å². The highest BCUT2D eigenvalue weighted by molar-refractivity contribution is 5.20. The zero-order valence-corrected chi connectivity index (χ0v) is 12.6. The van der Waals surface area contributed by atoms with Crippen LogP contribution in [0.3, 0.4) is 0 Å². The van der Waals surface area contributed by atoms with Gasteiger partial charge in [-0.25, -0.2) is 0 Å². The van der Waals surface area contributed by atoms with Crippen LogP contribution in [0.4, 0.5) is 0 Å². The standard InChI is InChI=1S/C17H27NO2/c1-2-18-15-17(10-13-19-14-11-17)9-6-12-20-16-7-4-3-5-8-16/h3-5,7-8,18H,2,6,9-15H2,1H3. The molecule has 1 aromatic carbocycles. The van der Waals surface area contributed by atoms with Gasteiger partial charge in [0.2, 0.25) is 0 Å². The Labute approximate surface area is 122 Å². The Hall–Kier alpha value is -1.06. The Morgan fingerprint density at radius 2 is 1.95 bits per heavy atom. The highest BCUT2D eigenvalue weighted by Gasteiger charge is 2.31. The first-order valence-corrected chi connectivity index (χ1v) is 7.81. The van der Waals surface area contributed by atoms with Crippen LogP contribution in [0.5, 0.6) is 5.75 Å². The van der Waals surface area contributed by atoms with Crippen molar-refractivity contribution in [2.24, 2.45) is 5.41 Å². The topological polar surface area (TPSA) is 30.5 Å². The van der Waals surface area contributed by atoms with Crippen LogP contribution >= 0.6 is 0 Å². The molecule has 3 heteroatoms. The van der Waals surface area contributed by atoms with E-state index in [4.69, 9.17) is 9.47 Å². The fourth-order valence-electron chi connectivity index (χ4n) is 2.86. The smallest absolute Gasteiger partial charge is 0.119 e. The third kappa shape index (κ3) is 4.80. The number of nitrogens with one attached hydrogen (secondary N) is 1. The minimum atomic E-state index is 0.411. The van der Waals surface area contributed by atoms with E-state index in [9.17, 15) is 0 Å². The van der Waals surface area contributed by atoms with Crippen molar-refractivity contribution in [2.75, 3.05) is 32.9 Å². The summed E-state index contributed by atoms with van der Waals surface area (Å²) in [6.45, 7) is 6.95. The molecule has 3 nitrogen and oxygen atoms in total. The second-order valence-electron chi connectivity index (χ2n) is 5.66. The lowest BCUT2D eigenvalue weighted by molar-refractivity contribution is 0.00808. The van der Waals surface area contributed by atoms with Gasteiger partial charge >= 0.3 is 0 Å². The first-order valence-electron chi connectivity index (χ1n) is 7.81. The summed E-state index contributed by atoms with van der Waals surface area (Å²) < 4.78 is 11.3. The highest BCUT2D eigenvalue weighted by Crippen LogP contribution is 2.34. The third-order valence-electron chi connectivity index (χ3n) is 4.17. The molecule has 1 aromatic rings. The first kappa shape index (κ1) is 15.3. The summed E-state index contributed by atoms with van der Waals surface area (Å²) in [5.41, 5.74) is 0.411. The predicted octanol–water partition coefficient (Wildman–Crippen LogP) is 3.25. The van der Waals surface area contributed by atoms with E-state index in [0.29, 0.717) is 5.41 Å². The van der Waals surface area contributed by atoms with Gasteiger partial charge in [0.1, 0.15) is 5.75 Å². The van der Waals surface area contributed by atoms with Crippen LogP contribution < -0.4 is 10.1 Å². The molecule has 1 heterocycles. The average molecular weight is 277 g/mol. The van der Waals surface area contributed by atoms with Crippen molar-refractivity contribution < 1.29 is 9.47 Å². The SMILES string of the molecule is CCNCC1(CCCOc2ccccc2)CCOCC1. The van der Waals surface area contributed by atoms with Crippen LogP contribution in [0.25, 0.3) is 0 Å². The van der Waals surface area contributed by atoms with Crippen molar-refractivity contribution in [1.29, 1.82) is 0 Å². The largest absolute Gasteiger partial charge is 0.494 e. The van der Waals surface area contributed by atoms with Gasteiger partial charge in [-0.15, -0.1) is 0 Å². The molecule has 1 fully saturated rings. The van der Waals surface area contributed by atoms with Crippen LogP contribution in [0.15, 0.2) is 30.3 Å². The molecule has 0 saturated carbocycles. The molecule has 20 heavy (non-hydrogen) atoms. The van der Waals surface area contributed by atoms with Crippen molar-refractivity contribution in [2.45, 2.75) is 32.6 Å². The van der Waals surface area contributed by atoms with E-state index in [1.54, 1.807) is 0 Å². The molecule has 0 bridgehead atoms. The number of hydrogen-bond donors (Lipinski definition) is 1. The van der Waals surface area contributed by atoms with Crippen molar-refractivity contribution >= 4 is 0 Å². The molecule has 1 aliphatic rings. The van der Waals surface area contributed by atoms with Crippen molar-refractivity contribution in [3.8, 4) is 5.75 Å². The number of ether oxygens (including phenoxy) is 2. The molecule has 112 valence electrons. The molecule has 0 atom stereocenters. The van der Waals surface area contributed by atoms with Gasteiger partial charge in [0.05, 0.1) is 6.61 Å². The molecule has 1 saturated heterocycles. The molecule has 1 aliphatic heterocycles. The van der Waals surface area contributed by atoms with E-state index in [1.807, 2.05) is 30.3 Å². The van der Waals surface area contributed by atoms with E-state index in [0.717, 1.165) is 45.1 Å². The summed E-state index contributed by atoms with van der Waals surface area (Å²) in [7, 11) is 0. The Bertz CT molecular complexity index is 361. The van der Waals surface area contributed by atoms with Gasteiger partial charge in [-0.1, -0.05) is 25.1 Å². The molecule has 1 N–H and O–H groups in total. The van der Waals surface area contributed by atoms with E-state index in [1.165, 1.54) is 19.3 Å². The normalized spacial score (nSPS) is 17.9. The lowest BCUT2D eigenvalue weighted by atomic mass is 9.76. The quantitative estimate of drug-likeness (QED) is 0.740. The Morgan fingerprint density at radius 3 is 2.65 bits per heavy atom. The van der Waals surface area contributed by atoms with Gasteiger partial charge in [-0.05, 0) is 49.8 Å². The third-order valence-corrected chi connectivity index (χ3v) is 4.17. The number of hydrogen-bond acceptors (Lipinski definition) is 3. The van der Waals surface area contributed by atoms with Crippen LogP contribution in [-0.2, 0) is 4.74 Å². The van der Waals surface area contributed by atoms with Gasteiger partial charge in [0, 0.05) is 19.8 Å². The van der Waals surface area contributed by atoms with Crippen molar-refractivity contribution in [1.82, 2.24) is 5.32 Å². The molecule has 0 aliphatic carbocycles. The molecule has 0 spiro atoms. The minimum absolute atomic E-state index is 0.411. The molecular weight excluding hydrogens is 250 g/mol. The maximum absolute atomic E-state index is 5.79. The van der Waals surface area contributed by atoms with Gasteiger partial charge in [-0.2, -0.15) is 0 Å². The maximum Gasteiger partial charge on any atom is 0.119 e. The molecule has 0 aromatic heterocycles. The predicted molar refractivity (Wildman–Crippen MR) is 82.2 cm³/mol. The van der Waals surface area contributed by atoms with E-state index < -0.39 is 0 Å². The summed E-state index contributed by atoms with van der Waals surface area (Å²) in [6.07, 6.45) is 4.67. The van der Waals surface area contributed by atoms with Crippen molar-refractivity contribution in [3.63, 3.8) is 0 Å². The second-order valence-corrected chi connectivity index (χ2v) is 5.66. The molecular formula is C17H27NO2. The van der Waals surface area contributed by atoms with Gasteiger partial charge < -0.3 is 14.8 Å². The number of benzene rings is 1. The Morgan fingerprint density at radius 1 is 1.20 bits per heavy atom. The van der Waals surface area contributed by atoms with Gasteiger partial charge in [0.25, 0.3) is 0 Å². The fraction of sp³-hybridized carbons (Fsp3) is 0.647. The lowest BCUT2D eigenvalue weighted by Gasteiger charge is -2.37. The van der Waals surface area contributed by atoms with Crippen molar-refractivity contribution in [3.05, 3.63) is 30.3 Å². The summed E-state index contributed by atoms with van der Waals surface area (Å²) in [5.74, 6) is 0.972. The zero-order valence-electron chi connectivity index (χ0n) is 12.6. The first-order chi connectivity index (χ1) is 9.85. The molecule has 0 radical (unpaired) electrons. The molecule has 0 unspecified atom stereocenters.